The molecule has 1 heterocycles. The molecule has 1 amide bonds. The molecule has 0 aliphatic carbocycles. The smallest absolute Gasteiger partial charge is 0.238 e. The Morgan fingerprint density at radius 2 is 2.05 bits per heavy atom. The van der Waals surface area contributed by atoms with Crippen LogP contribution < -0.4 is 5.32 Å². The summed E-state index contributed by atoms with van der Waals surface area (Å²) >= 11 is 1.58. The molecule has 1 aliphatic rings. The van der Waals surface area contributed by atoms with E-state index in [1.807, 2.05) is 13.8 Å². The van der Waals surface area contributed by atoms with Gasteiger partial charge >= 0.3 is 0 Å². The Bertz CT molecular complexity index is 714. The van der Waals surface area contributed by atoms with Gasteiger partial charge in [0.2, 0.25) is 5.91 Å². The van der Waals surface area contributed by atoms with Gasteiger partial charge in [0.25, 0.3) is 0 Å². The maximum absolute atomic E-state index is 13.3. The first-order valence-corrected chi connectivity index (χ1v) is 7.74. The second-order valence-electron chi connectivity index (χ2n) is 5.37. The molecular formula is C17H16FNOS. The molecule has 1 atom stereocenters. The summed E-state index contributed by atoms with van der Waals surface area (Å²) in [7, 11) is 0. The summed E-state index contributed by atoms with van der Waals surface area (Å²) in [6.45, 7) is 3.90. The van der Waals surface area contributed by atoms with Crippen molar-refractivity contribution in [3.05, 3.63) is 58.9 Å². The molecule has 3 rings (SSSR count). The number of hydrogen-bond donors (Lipinski definition) is 1. The zero-order valence-electron chi connectivity index (χ0n) is 11.9. The Hall–Kier alpha value is -1.81. The molecule has 108 valence electrons. The summed E-state index contributed by atoms with van der Waals surface area (Å²) in [5, 5.41) is 2.69. The third-order valence-corrected chi connectivity index (χ3v) is 4.95. The topological polar surface area (TPSA) is 29.1 Å². The number of benzene rings is 2. The fourth-order valence-corrected chi connectivity index (χ4v) is 3.72. The number of thioether (sulfide) groups is 1. The van der Waals surface area contributed by atoms with Crippen LogP contribution in [0.25, 0.3) is 0 Å². The summed E-state index contributed by atoms with van der Waals surface area (Å²) in [6.07, 6.45) is 0.723. The first-order chi connectivity index (χ1) is 10.0. The molecule has 0 saturated carbocycles. The molecular weight excluding hydrogens is 285 g/mol. The second-order valence-corrected chi connectivity index (χ2v) is 6.61. The molecule has 4 heteroatoms. The Labute approximate surface area is 127 Å². The van der Waals surface area contributed by atoms with Crippen molar-refractivity contribution >= 4 is 23.4 Å². The Morgan fingerprint density at radius 3 is 2.86 bits per heavy atom. The third-order valence-electron chi connectivity index (χ3n) is 3.65. The lowest BCUT2D eigenvalue weighted by molar-refractivity contribution is -0.115. The first-order valence-electron chi connectivity index (χ1n) is 6.86. The molecule has 0 fully saturated rings. The largest absolute Gasteiger partial charge is 0.325 e. The van der Waals surface area contributed by atoms with Gasteiger partial charge in [-0.05, 0) is 49.6 Å². The minimum absolute atomic E-state index is 0.0671. The molecule has 0 bridgehead atoms. The molecule has 1 aliphatic heterocycles. The molecule has 1 N–H and O–H groups in total. The second kappa shape index (κ2) is 5.53. The van der Waals surface area contributed by atoms with E-state index in [2.05, 4.69) is 23.5 Å². The number of aryl methyl sites for hydroxylation is 2. The van der Waals surface area contributed by atoms with Gasteiger partial charge in [-0.1, -0.05) is 23.8 Å². The van der Waals surface area contributed by atoms with Crippen LogP contribution in [0.15, 0.2) is 41.3 Å². The molecule has 2 nitrogen and oxygen atoms in total. The van der Waals surface area contributed by atoms with Crippen LogP contribution in [0, 0.1) is 19.7 Å². The van der Waals surface area contributed by atoms with E-state index in [1.54, 1.807) is 17.8 Å². The maximum atomic E-state index is 13.3. The van der Waals surface area contributed by atoms with Gasteiger partial charge in [0, 0.05) is 10.6 Å². The van der Waals surface area contributed by atoms with E-state index in [9.17, 15) is 9.18 Å². The van der Waals surface area contributed by atoms with Gasteiger partial charge < -0.3 is 5.32 Å². The molecule has 0 unspecified atom stereocenters. The van der Waals surface area contributed by atoms with Crippen LogP contribution in [-0.2, 0) is 11.2 Å². The van der Waals surface area contributed by atoms with Gasteiger partial charge in [-0.25, -0.2) is 4.39 Å². The van der Waals surface area contributed by atoms with Gasteiger partial charge in [0.15, 0.2) is 0 Å². The van der Waals surface area contributed by atoms with Crippen molar-refractivity contribution in [1.29, 1.82) is 0 Å². The first kappa shape index (κ1) is 14.1. The molecule has 0 radical (unpaired) electrons. The number of amides is 1. The highest BCUT2D eigenvalue weighted by molar-refractivity contribution is 8.01. The number of halogens is 1. The van der Waals surface area contributed by atoms with Gasteiger partial charge in [-0.2, -0.15) is 0 Å². The van der Waals surface area contributed by atoms with Crippen molar-refractivity contribution < 1.29 is 9.18 Å². The quantitative estimate of drug-likeness (QED) is 0.905. The van der Waals surface area contributed by atoms with Crippen LogP contribution in [0.1, 0.15) is 16.7 Å². The van der Waals surface area contributed by atoms with Crippen molar-refractivity contribution in [2.75, 3.05) is 5.32 Å². The minimum atomic E-state index is -0.339. The monoisotopic (exact) mass is 301 g/mol. The van der Waals surface area contributed by atoms with Gasteiger partial charge in [0.1, 0.15) is 5.82 Å². The fraction of sp³-hybridized carbons (Fsp3) is 0.235. The summed E-state index contributed by atoms with van der Waals surface area (Å²) in [6, 6.07) is 10.7. The van der Waals surface area contributed by atoms with Gasteiger partial charge in [-0.15, -0.1) is 11.8 Å². The van der Waals surface area contributed by atoms with Crippen LogP contribution >= 0.6 is 11.8 Å². The summed E-state index contributed by atoms with van der Waals surface area (Å²) < 4.78 is 13.3. The number of carbonyl (C=O) groups excluding carboxylic acids is 1. The lowest BCUT2D eigenvalue weighted by Crippen LogP contribution is -2.25. The van der Waals surface area contributed by atoms with Crippen LogP contribution in [0.5, 0.6) is 0 Å². The lowest BCUT2D eigenvalue weighted by atomic mass is 10.1. The minimum Gasteiger partial charge on any atom is -0.325 e. The highest BCUT2D eigenvalue weighted by Gasteiger charge is 2.28. The van der Waals surface area contributed by atoms with Crippen LogP contribution in [-0.4, -0.2) is 11.2 Å². The Kier molecular flexibility index (Phi) is 3.72. The zero-order chi connectivity index (χ0) is 15.0. The normalized spacial score (nSPS) is 16.6. The number of nitrogens with one attached hydrogen (secondary N) is 1. The molecule has 21 heavy (non-hydrogen) atoms. The average Bonchev–Trinajstić information content (AvgIpc) is 2.86. The van der Waals surface area contributed by atoms with E-state index >= 15 is 0 Å². The predicted octanol–water partition coefficient (Wildman–Crippen LogP) is 4.10. The standard InChI is InChI=1S/C17H16FNOS/c1-10-3-5-12-8-16(21-15(12)7-10)17(20)19-14-9-13(18)6-4-11(14)2/h3-7,9,16H,8H2,1-2H3,(H,19,20)/t16-/m1/s1. The fourth-order valence-electron chi connectivity index (χ4n) is 2.42. The molecule has 0 spiro atoms. The Morgan fingerprint density at radius 1 is 1.24 bits per heavy atom. The van der Waals surface area contributed by atoms with E-state index < -0.39 is 0 Å². The molecule has 0 saturated heterocycles. The van der Waals surface area contributed by atoms with E-state index in [-0.39, 0.29) is 17.0 Å². The highest BCUT2D eigenvalue weighted by atomic mass is 32.2. The summed E-state index contributed by atoms with van der Waals surface area (Å²) in [5.41, 5.74) is 3.82. The Balaban J connectivity index is 1.74. The molecule has 0 aromatic heterocycles. The number of rotatable bonds is 2. The lowest BCUT2D eigenvalue weighted by Gasteiger charge is -2.12. The number of fused-ring (bicyclic) bond motifs is 1. The molecule has 2 aromatic carbocycles. The molecule has 2 aromatic rings. The maximum Gasteiger partial charge on any atom is 0.238 e. The van der Waals surface area contributed by atoms with Gasteiger partial charge in [-0.3, -0.25) is 4.79 Å². The SMILES string of the molecule is Cc1ccc2c(c1)S[C@@H](C(=O)Nc1cc(F)ccc1C)C2. The van der Waals surface area contributed by atoms with E-state index in [0.29, 0.717) is 5.69 Å². The van der Waals surface area contributed by atoms with Crippen molar-refractivity contribution in [2.45, 2.75) is 30.4 Å². The number of hydrogen-bond acceptors (Lipinski definition) is 2. The van der Waals surface area contributed by atoms with Crippen molar-refractivity contribution in [3.63, 3.8) is 0 Å². The van der Waals surface area contributed by atoms with Crippen molar-refractivity contribution in [1.82, 2.24) is 0 Å². The van der Waals surface area contributed by atoms with Crippen molar-refractivity contribution in [3.8, 4) is 0 Å². The predicted molar refractivity (Wildman–Crippen MR) is 84.3 cm³/mol. The van der Waals surface area contributed by atoms with E-state index in [1.165, 1.54) is 28.2 Å². The van der Waals surface area contributed by atoms with Crippen LogP contribution in [0.2, 0.25) is 0 Å². The highest BCUT2D eigenvalue weighted by Crippen LogP contribution is 2.38. The zero-order valence-corrected chi connectivity index (χ0v) is 12.8. The summed E-state index contributed by atoms with van der Waals surface area (Å²) in [4.78, 5) is 13.5. The van der Waals surface area contributed by atoms with Gasteiger partial charge in [0.05, 0.1) is 5.25 Å². The third kappa shape index (κ3) is 2.95. The number of anilines is 1. The summed E-state index contributed by atoms with van der Waals surface area (Å²) in [5.74, 6) is -0.406. The van der Waals surface area contributed by atoms with E-state index in [0.717, 1.165) is 12.0 Å². The van der Waals surface area contributed by atoms with Crippen molar-refractivity contribution in [2.24, 2.45) is 0 Å². The van der Waals surface area contributed by atoms with Crippen LogP contribution in [0.4, 0.5) is 10.1 Å². The van der Waals surface area contributed by atoms with Crippen LogP contribution in [0.3, 0.4) is 0 Å². The number of carbonyl (C=O) groups is 1. The average molecular weight is 301 g/mol. The van der Waals surface area contributed by atoms with E-state index in [4.69, 9.17) is 0 Å².